The zero-order chi connectivity index (χ0) is 24.9. The van der Waals surface area contributed by atoms with Crippen LogP contribution in [0.25, 0.3) is 0 Å². The lowest BCUT2D eigenvalue weighted by Crippen LogP contribution is -2.50. The van der Waals surface area contributed by atoms with E-state index >= 15 is 0 Å². The van der Waals surface area contributed by atoms with E-state index in [1.165, 1.54) is 12.1 Å². The zero-order valence-electron chi connectivity index (χ0n) is 20.5. The SMILES string of the molecule is C=CC1=C(C=C)CN(C(=O)NC2CN(C(=O)OC(C)(C)C)CC23CC3)CC1.Fc1ccccc1. The summed E-state index contributed by atoms with van der Waals surface area (Å²) in [6.45, 7) is 15.7. The molecule has 1 unspecified atom stereocenters. The van der Waals surface area contributed by atoms with Crippen LogP contribution in [-0.2, 0) is 4.74 Å². The first-order chi connectivity index (χ1) is 16.1. The maximum absolute atomic E-state index is 12.8. The summed E-state index contributed by atoms with van der Waals surface area (Å²) >= 11 is 0. The molecule has 1 aromatic carbocycles. The molecule has 0 bridgehead atoms. The third kappa shape index (κ3) is 6.49. The molecule has 3 amide bonds. The number of likely N-dealkylation sites (tertiary alicyclic amines) is 1. The Bertz CT molecular complexity index is 948. The molecule has 7 heteroatoms. The van der Waals surface area contributed by atoms with E-state index in [1.54, 1.807) is 29.2 Å². The van der Waals surface area contributed by atoms with Gasteiger partial charge in [-0.2, -0.15) is 0 Å². The summed E-state index contributed by atoms with van der Waals surface area (Å²) < 4.78 is 17.4. The molecule has 184 valence electrons. The molecule has 1 saturated heterocycles. The number of carbonyl (C=O) groups is 2. The van der Waals surface area contributed by atoms with Crippen molar-refractivity contribution in [1.82, 2.24) is 15.1 Å². The Labute approximate surface area is 202 Å². The van der Waals surface area contributed by atoms with Crippen LogP contribution in [0, 0.1) is 11.2 Å². The van der Waals surface area contributed by atoms with E-state index in [0.29, 0.717) is 26.2 Å². The van der Waals surface area contributed by atoms with Crippen molar-refractivity contribution in [1.29, 1.82) is 0 Å². The molecule has 1 N–H and O–H groups in total. The van der Waals surface area contributed by atoms with Crippen LogP contribution in [0.15, 0.2) is 66.8 Å². The van der Waals surface area contributed by atoms with Gasteiger partial charge in [-0.1, -0.05) is 43.5 Å². The topological polar surface area (TPSA) is 61.9 Å². The standard InChI is InChI=1S/C21H31N3O3.C6H5F/c1-6-15-8-11-23(12-16(15)7-2)18(25)22-17-13-24(14-21(17)9-10-21)19(26)27-20(3,4)5;7-6-4-2-1-3-5-6/h6-7,17H,1-2,8-14H2,3-5H3,(H,22,25);1-5H. The summed E-state index contributed by atoms with van der Waals surface area (Å²) in [5.74, 6) is -0.178. The molecule has 1 aromatic rings. The molecule has 2 fully saturated rings. The van der Waals surface area contributed by atoms with Gasteiger partial charge in [-0.15, -0.1) is 0 Å². The third-order valence-electron chi connectivity index (χ3n) is 6.43. The molecule has 1 saturated carbocycles. The highest BCUT2D eigenvalue weighted by Gasteiger charge is 2.57. The van der Waals surface area contributed by atoms with Gasteiger partial charge in [0.1, 0.15) is 11.4 Å². The largest absolute Gasteiger partial charge is 0.444 e. The van der Waals surface area contributed by atoms with E-state index in [4.69, 9.17) is 4.74 Å². The summed E-state index contributed by atoms with van der Waals surface area (Å²) in [5, 5.41) is 3.18. The van der Waals surface area contributed by atoms with Crippen LogP contribution < -0.4 is 5.32 Å². The molecule has 2 aliphatic heterocycles. The summed E-state index contributed by atoms with van der Waals surface area (Å²) in [5.41, 5.74) is 1.71. The van der Waals surface area contributed by atoms with Gasteiger partial charge in [0.05, 0.1) is 6.04 Å². The van der Waals surface area contributed by atoms with Crippen LogP contribution >= 0.6 is 0 Å². The Balaban J connectivity index is 0.000000396. The second-order valence-corrected chi connectivity index (χ2v) is 10.2. The Hall–Kier alpha value is -3.09. The maximum Gasteiger partial charge on any atom is 0.410 e. The normalized spacial score (nSPS) is 20.9. The smallest absolute Gasteiger partial charge is 0.410 e. The second kappa shape index (κ2) is 10.5. The average molecular weight is 470 g/mol. The van der Waals surface area contributed by atoms with Gasteiger partial charge in [-0.3, -0.25) is 0 Å². The van der Waals surface area contributed by atoms with Crippen LogP contribution in [0.2, 0.25) is 0 Å². The first-order valence-corrected chi connectivity index (χ1v) is 11.8. The van der Waals surface area contributed by atoms with Crippen molar-refractivity contribution in [2.75, 3.05) is 26.2 Å². The number of urea groups is 1. The van der Waals surface area contributed by atoms with E-state index < -0.39 is 5.60 Å². The highest BCUT2D eigenvalue weighted by atomic mass is 19.1. The average Bonchev–Trinajstić information content (AvgIpc) is 3.48. The van der Waals surface area contributed by atoms with Crippen molar-refractivity contribution in [3.63, 3.8) is 0 Å². The number of amides is 3. The fourth-order valence-electron chi connectivity index (χ4n) is 4.36. The quantitative estimate of drug-likeness (QED) is 0.654. The van der Waals surface area contributed by atoms with Crippen molar-refractivity contribution in [3.05, 3.63) is 72.6 Å². The fourth-order valence-corrected chi connectivity index (χ4v) is 4.36. The molecular formula is C27H36FN3O3. The number of nitrogens with one attached hydrogen (secondary N) is 1. The molecule has 2 heterocycles. The van der Waals surface area contributed by atoms with Gasteiger partial charge in [-0.25, -0.2) is 14.0 Å². The van der Waals surface area contributed by atoms with Gasteiger partial charge in [-0.05, 0) is 63.3 Å². The first kappa shape index (κ1) is 25.5. The van der Waals surface area contributed by atoms with Crippen LogP contribution in [0.1, 0.15) is 40.0 Å². The van der Waals surface area contributed by atoms with Gasteiger partial charge in [0, 0.05) is 31.6 Å². The number of benzene rings is 1. The molecule has 0 radical (unpaired) electrons. The van der Waals surface area contributed by atoms with Crippen LogP contribution in [-0.4, -0.2) is 59.7 Å². The molecule has 4 rings (SSSR count). The van der Waals surface area contributed by atoms with Gasteiger partial charge in [0.25, 0.3) is 0 Å². The summed E-state index contributed by atoms with van der Waals surface area (Å²) in [6, 6.07) is 7.85. The minimum atomic E-state index is -0.515. The number of hydrogen-bond donors (Lipinski definition) is 1. The van der Waals surface area contributed by atoms with E-state index in [0.717, 1.165) is 30.4 Å². The van der Waals surface area contributed by atoms with Crippen molar-refractivity contribution >= 4 is 12.1 Å². The van der Waals surface area contributed by atoms with Crippen LogP contribution in [0.4, 0.5) is 14.0 Å². The lowest BCUT2D eigenvalue weighted by Gasteiger charge is -2.31. The molecule has 1 spiro atoms. The Kier molecular flexibility index (Phi) is 7.85. The minimum Gasteiger partial charge on any atom is -0.444 e. The number of nitrogens with zero attached hydrogens (tertiary/aromatic N) is 2. The fraction of sp³-hybridized carbons (Fsp3) is 0.481. The van der Waals surface area contributed by atoms with Gasteiger partial charge >= 0.3 is 12.1 Å². The first-order valence-electron chi connectivity index (χ1n) is 11.8. The van der Waals surface area contributed by atoms with Crippen LogP contribution in [0.5, 0.6) is 0 Å². The number of halogens is 1. The molecule has 1 aliphatic carbocycles. The highest BCUT2D eigenvalue weighted by Crippen LogP contribution is 2.53. The molecular weight excluding hydrogens is 433 g/mol. The molecule has 1 atom stereocenters. The van der Waals surface area contributed by atoms with Crippen molar-refractivity contribution in [2.24, 2.45) is 5.41 Å². The van der Waals surface area contributed by atoms with Crippen molar-refractivity contribution in [2.45, 2.75) is 51.7 Å². The predicted molar refractivity (Wildman–Crippen MR) is 132 cm³/mol. The minimum absolute atomic E-state index is 0.0190. The lowest BCUT2D eigenvalue weighted by molar-refractivity contribution is 0.0283. The number of hydrogen-bond acceptors (Lipinski definition) is 3. The predicted octanol–water partition coefficient (Wildman–Crippen LogP) is 5.30. The highest BCUT2D eigenvalue weighted by molar-refractivity contribution is 5.76. The van der Waals surface area contributed by atoms with Gasteiger partial charge in [0.15, 0.2) is 0 Å². The van der Waals surface area contributed by atoms with E-state index in [9.17, 15) is 14.0 Å². The third-order valence-corrected chi connectivity index (χ3v) is 6.43. The molecule has 34 heavy (non-hydrogen) atoms. The van der Waals surface area contributed by atoms with Crippen molar-refractivity contribution in [3.8, 4) is 0 Å². The Morgan fingerprint density at radius 2 is 1.76 bits per heavy atom. The molecule has 0 aromatic heterocycles. The van der Waals surface area contributed by atoms with E-state index in [1.807, 2.05) is 31.7 Å². The van der Waals surface area contributed by atoms with E-state index in [-0.39, 0.29) is 29.4 Å². The monoisotopic (exact) mass is 469 g/mol. The Morgan fingerprint density at radius 1 is 1.12 bits per heavy atom. The van der Waals surface area contributed by atoms with Crippen LogP contribution in [0.3, 0.4) is 0 Å². The van der Waals surface area contributed by atoms with E-state index in [2.05, 4.69) is 18.5 Å². The van der Waals surface area contributed by atoms with Crippen molar-refractivity contribution < 1.29 is 18.7 Å². The Morgan fingerprint density at radius 3 is 2.26 bits per heavy atom. The van der Waals surface area contributed by atoms with Gasteiger partial charge in [0.2, 0.25) is 0 Å². The number of carbonyl (C=O) groups excluding carboxylic acids is 2. The summed E-state index contributed by atoms with van der Waals surface area (Å²) in [6.07, 6.45) is 6.22. The van der Waals surface area contributed by atoms with Gasteiger partial charge < -0.3 is 19.9 Å². The lowest BCUT2D eigenvalue weighted by atomic mass is 9.99. The number of ether oxygens (including phenoxy) is 1. The number of allylic oxidation sites excluding steroid dienone is 1. The summed E-state index contributed by atoms with van der Waals surface area (Å²) in [4.78, 5) is 28.8. The zero-order valence-corrected chi connectivity index (χ0v) is 20.5. The second-order valence-electron chi connectivity index (χ2n) is 10.2. The molecule has 3 aliphatic rings. The summed E-state index contributed by atoms with van der Waals surface area (Å²) in [7, 11) is 0. The number of rotatable bonds is 3. The maximum atomic E-state index is 12.8. The molecule has 6 nitrogen and oxygen atoms in total.